The second-order valence-electron chi connectivity index (χ2n) is 10.1. The predicted octanol–water partition coefficient (Wildman–Crippen LogP) is 12.8. The summed E-state index contributed by atoms with van der Waals surface area (Å²) in [5.41, 5.74) is 7.89. The fraction of sp³-hybridized carbons (Fsp3) is 0.190. The van der Waals surface area contributed by atoms with Crippen molar-refractivity contribution in [2.75, 3.05) is 0 Å². The molecule has 0 aliphatic heterocycles. The summed E-state index contributed by atoms with van der Waals surface area (Å²) in [4.78, 5) is 0. The van der Waals surface area contributed by atoms with Crippen LogP contribution in [0.3, 0.4) is 0 Å². The molecular formula is C42H50NbSi-6. The van der Waals surface area contributed by atoms with Crippen molar-refractivity contribution in [3.8, 4) is 22.3 Å². The molecule has 0 amide bonds. The Morgan fingerprint density at radius 3 is 1.16 bits per heavy atom. The Hall–Kier alpha value is -2.94. The molecule has 0 heterocycles. The van der Waals surface area contributed by atoms with Gasteiger partial charge in [-0.3, -0.25) is 0 Å². The molecule has 6 aromatic carbocycles. The average Bonchev–Trinajstić information content (AvgIpc) is 3.64. The fourth-order valence-corrected chi connectivity index (χ4v) is 4.51. The van der Waals surface area contributed by atoms with E-state index in [9.17, 15) is 0 Å². The molecule has 44 heavy (non-hydrogen) atoms. The van der Waals surface area contributed by atoms with Gasteiger partial charge in [0.1, 0.15) is 0 Å². The van der Waals surface area contributed by atoms with E-state index in [1.54, 1.807) is 19.8 Å². The topological polar surface area (TPSA) is 0 Å². The van der Waals surface area contributed by atoms with Crippen LogP contribution in [-0.4, -0.2) is 7.52 Å². The summed E-state index contributed by atoms with van der Waals surface area (Å²) in [7, 11) is 3.02. The van der Waals surface area contributed by atoms with E-state index in [1.807, 2.05) is 0 Å². The number of benzene rings is 4. The van der Waals surface area contributed by atoms with E-state index in [-0.39, 0.29) is 14.9 Å². The first-order valence-corrected chi connectivity index (χ1v) is 18.5. The molecule has 0 atom stereocenters. The van der Waals surface area contributed by atoms with Gasteiger partial charge in [0.15, 0.2) is 0 Å². The molecule has 6 rings (SSSR count). The monoisotopic (exact) mass is 675 g/mol. The van der Waals surface area contributed by atoms with Gasteiger partial charge in [0.25, 0.3) is 0 Å². The van der Waals surface area contributed by atoms with E-state index < -0.39 is 0 Å². The minimum absolute atomic E-state index is 0. The Bertz CT molecular complexity index is 1430. The SMILES string of the molecule is Cc1cc2c(-c3ccccc3)cccc2[cH-]1.Cc1cc2c(-c3ccccc3)cccc2[cH-]1.[CH2-]CCC.[CH2-]CCC.[CH3-].[CH3-].[Si]=[Nb]. The molecule has 233 valence electrons. The predicted molar refractivity (Wildman–Crippen MR) is 199 cm³/mol. The summed E-state index contributed by atoms with van der Waals surface area (Å²) in [5, 5.41) is 5.37. The van der Waals surface area contributed by atoms with Crippen molar-refractivity contribution >= 4 is 29.1 Å². The second kappa shape index (κ2) is 23.4. The van der Waals surface area contributed by atoms with Gasteiger partial charge in [0, 0.05) is 0 Å². The molecule has 0 aromatic heterocycles. The number of unbranched alkanes of at least 4 members (excludes halogenated alkanes) is 2. The van der Waals surface area contributed by atoms with Crippen LogP contribution in [0, 0.1) is 42.5 Å². The van der Waals surface area contributed by atoms with Crippen LogP contribution in [0.5, 0.6) is 0 Å². The second-order valence-corrected chi connectivity index (χ2v) is 10.1. The van der Waals surface area contributed by atoms with E-state index in [4.69, 9.17) is 0 Å². The summed E-state index contributed by atoms with van der Waals surface area (Å²) in [6.07, 6.45) is 4.56. The van der Waals surface area contributed by atoms with Gasteiger partial charge in [0.2, 0.25) is 0 Å². The van der Waals surface area contributed by atoms with Crippen LogP contribution < -0.4 is 0 Å². The molecule has 0 fully saturated rings. The molecule has 0 aliphatic rings. The molecule has 0 spiro atoms. The van der Waals surface area contributed by atoms with Gasteiger partial charge < -0.3 is 28.7 Å². The van der Waals surface area contributed by atoms with E-state index in [1.165, 1.54) is 67.8 Å². The van der Waals surface area contributed by atoms with Crippen molar-refractivity contribution < 1.29 is 19.8 Å². The molecule has 6 aromatic rings. The Morgan fingerprint density at radius 1 is 0.545 bits per heavy atom. The molecule has 0 nitrogen and oxygen atoms in total. The molecule has 0 bridgehead atoms. The van der Waals surface area contributed by atoms with Gasteiger partial charge in [-0.05, 0) is 11.1 Å². The average molecular weight is 676 g/mol. The van der Waals surface area contributed by atoms with Crippen molar-refractivity contribution in [2.24, 2.45) is 0 Å². The van der Waals surface area contributed by atoms with Crippen molar-refractivity contribution in [3.63, 3.8) is 0 Å². The molecule has 0 aliphatic carbocycles. The molecule has 2 heteroatoms. The molecule has 0 saturated heterocycles. The van der Waals surface area contributed by atoms with Gasteiger partial charge in [-0.25, -0.2) is 0 Å². The van der Waals surface area contributed by atoms with Crippen LogP contribution in [-0.2, 0) is 19.8 Å². The summed E-state index contributed by atoms with van der Waals surface area (Å²) in [6, 6.07) is 43.1. The third-order valence-electron chi connectivity index (χ3n) is 6.67. The number of hydrogen-bond donors (Lipinski definition) is 0. The summed E-state index contributed by atoms with van der Waals surface area (Å²) in [6.45, 7) is 15.7. The molecule has 0 N–H and O–H groups in total. The van der Waals surface area contributed by atoms with Gasteiger partial charge in [0.05, 0.1) is 0 Å². The minimum atomic E-state index is 0. The first-order chi connectivity index (χ1) is 20.5. The van der Waals surface area contributed by atoms with E-state index >= 15 is 0 Å². The van der Waals surface area contributed by atoms with E-state index in [0.717, 1.165) is 12.8 Å². The zero-order chi connectivity index (χ0) is 30.7. The maximum atomic E-state index is 3.60. The summed E-state index contributed by atoms with van der Waals surface area (Å²) < 4.78 is 0. The zero-order valence-electron chi connectivity index (χ0n) is 27.7. The number of aryl methyl sites for hydroxylation is 2. The van der Waals surface area contributed by atoms with Crippen LogP contribution in [0.2, 0.25) is 0 Å². The number of fused-ring (bicyclic) bond motifs is 2. The first kappa shape index (κ1) is 41.1. The zero-order valence-corrected chi connectivity index (χ0v) is 30.9. The summed E-state index contributed by atoms with van der Waals surface area (Å²) >= 11 is 1.56. The summed E-state index contributed by atoms with van der Waals surface area (Å²) in [5.74, 6) is 0. The molecule has 0 unspecified atom stereocenters. The van der Waals surface area contributed by atoms with Crippen LogP contribution in [0.25, 0.3) is 43.8 Å². The van der Waals surface area contributed by atoms with Crippen molar-refractivity contribution in [1.82, 2.24) is 0 Å². The van der Waals surface area contributed by atoms with Crippen molar-refractivity contribution in [1.29, 1.82) is 0 Å². The van der Waals surface area contributed by atoms with Crippen molar-refractivity contribution in [2.45, 2.75) is 53.4 Å². The molecular weight excluding hydrogens is 625 g/mol. The quantitative estimate of drug-likeness (QED) is 0.129. The Kier molecular flexibility index (Phi) is 21.9. The number of rotatable bonds is 4. The fourth-order valence-electron chi connectivity index (χ4n) is 4.51. The molecule has 2 radical (unpaired) electrons. The van der Waals surface area contributed by atoms with Gasteiger partial charge in [-0.1, -0.05) is 124 Å². The third kappa shape index (κ3) is 12.6. The van der Waals surface area contributed by atoms with Crippen LogP contribution in [0.15, 0.2) is 121 Å². The Balaban J connectivity index is 0.000000628. The number of hydrogen-bond acceptors (Lipinski definition) is 0. The van der Waals surface area contributed by atoms with Crippen LogP contribution in [0.4, 0.5) is 0 Å². The third-order valence-corrected chi connectivity index (χ3v) is 6.67. The van der Waals surface area contributed by atoms with E-state index in [0.29, 0.717) is 0 Å². The van der Waals surface area contributed by atoms with Crippen molar-refractivity contribution in [3.05, 3.63) is 161 Å². The molecule has 0 saturated carbocycles. The van der Waals surface area contributed by atoms with Crippen LogP contribution in [0.1, 0.15) is 50.7 Å². The van der Waals surface area contributed by atoms with Gasteiger partial charge in [-0.2, -0.15) is 25.0 Å². The Labute approximate surface area is 284 Å². The van der Waals surface area contributed by atoms with E-state index in [2.05, 4.69) is 170 Å². The standard InChI is InChI=1S/2C16H13.2C4H9.2CH3.Nb.Si/c2*1-12-10-14-8-5-9-15(16(14)11-12)13-6-3-2-4-7-13;2*1-3-4-2;;;;/h2*2-11H,1H3;2*1,3-4H2,2H3;2*1H3;;/q6*-1;;. The maximum absolute atomic E-state index is 3.60. The van der Waals surface area contributed by atoms with Gasteiger partial charge in [-0.15, -0.1) is 69.1 Å². The normalized spacial score (nSPS) is 9.30. The van der Waals surface area contributed by atoms with Crippen LogP contribution >= 0.6 is 0 Å². The van der Waals surface area contributed by atoms with Gasteiger partial charge >= 0.3 is 27.3 Å². The first-order valence-electron chi connectivity index (χ1n) is 14.8. The Morgan fingerprint density at radius 2 is 0.864 bits per heavy atom.